The van der Waals surface area contributed by atoms with Crippen LogP contribution in [0.4, 0.5) is 0 Å². The van der Waals surface area contributed by atoms with Crippen LogP contribution in [0.3, 0.4) is 0 Å². The zero-order chi connectivity index (χ0) is 19.4. The van der Waals surface area contributed by atoms with Crippen molar-refractivity contribution in [3.8, 4) is 11.5 Å². The Morgan fingerprint density at radius 3 is 2.96 bits per heavy atom. The fourth-order valence-electron chi connectivity index (χ4n) is 2.90. The predicted molar refractivity (Wildman–Crippen MR) is 102 cm³/mol. The highest BCUT2D eigenvalue weighted by atomic mass is 35.5. The molecule has 27 heavy (non-hydrogen) atoms. The maximum atomic E-state index is 12.4. The molecule has 2 N–H and O–H groups in total. The maximum absolute atomic E-state index is 12.4. The van der Waals surface area contributed by atoms with Crippen LogP contribution in [0.2, 0.25) is 5.02 Å². The third-order valence-electron chi connectivity index (χ3n) is 4.39. The Balaban J connectivity index is 1.63. The molecule has 146 valence electrons. The first-order chi connectivity index (χ1) is 13.0. The summed E-state index contributed by atoms with van der Waals surface area (Å²) >= 11 is 6.20. The molecule has 3 rings (SSSR count). The molecular weight excluding hydrogens is 370 g/mol. The van der Waals surface area contributed by atoms with Crippen molar-refractivity contribution in [3.63, 3.8) is 0 Å². The van der Waals surface area contributed by atoms with Crippen molar-refractivity contribution in [3.05, 3.63) is 40.2 Å². The van der Waals surface area contributed by atoms with Crippen LogP contribution in [-0.4, -0.2) is 40.6 Å². The number of aromatic nitrogens is 2. The second-order valence-electron chi connectivity index (χ2n) is 6.50. The van der Waals surface area contributed by atoms with Crippen LogP contribution in [0.5, 0.6) is 11.5 Å². The number of carbonyl (C=O) groups is 1. The van der Waals surface area contributed by atoms with Gasteiger partial charge in [-0.3, -0.25) is 9.48 Å². The lowest BCUT2D eigenvalue weighted by Crippen LogP contribution is -2.28. The van der Waals surface area contributed by atoms with E-state index in [4.69, 9.17) is 21.1 Å². The van der Waals surface area contributed by atoms with Gasteiger partial charge in [0.2, 0.25) is 0 Å². The first kappa shape index (κ1) is 19.5. The zero-order valence-electron chi connectivity index (χ0n) is 15.5. The quantitative estimate of drug-likeness (QED) is 0.755. The molecule has 1 unspecified atom stereocenters. The largest absolute Gasteiger partial charge is 0.486 e. The maximum Gasteiger partial charge on any atom is 0.254 e. The number of nitrogens with zero attached hydrogens (tertiary/aromatic N) is 2. The molecule has 0 saturated carbocycles. The summed E-state index contributed by atoms with van der Waals surface area (Å²) in [6, 6.07) is 3.31. The molecule has 1 atom stereocenters. The molecule has 1 aliphatic rings. The van der Waals surface area contributed by atoms with E-state index in [1.807, 2.05) is 0 Å². The number of aryl methyl sites for hydroxylation is 2. The Bertz CT molecular complexity index is 822. The fourth-order valence-corrected chi connectivity index (χ4v) is 3.17. The monoisotopic (exact) mass is 393 g/mol. The summed E-state index contributed by atoms with van der Waals surface area (Å²) in [7, 11) is 0. The first-order valence-electron chi connectivity index (χ1n) is 9.09. The standard InChI is InChI=1S/C19H24ClN3O4/c1-3-4-5-23-11-14(12(2)22-23)19(25)21-10-16(24)13-8-15(20)18-17(9-13)26-6-7-27-18/h8-9,11,16,24H,3-7,10H2,1-2H3,(H,21,25). The smallest absolute Gasteiger partial charge is 0.254 e. The molecule has 2 heterocycles. The van der Waals surface area contributed by atoms with Crippen molar-refractivity contribution >= 4 is 17.5 Å². The van der Waals surface area contributed by atoms with Gasteiger partial charge < -0.3 is 19.9 Å². The number of hydrogen-bond acceptors (Lipinski definition) is 5. The second kappa shape index (κ2) is 8.63. The summed E-state index contributed by atoms with van der Waals surface area (Å²) < 4.78 is 12.8. The van der Waals surface area contributed by atoms with Crippen LogP contribution in [-0.2, 0) is 6.54 Å². The van der Waals surface area contributed by atoms with Gasteiger partial charge in [0.25, 0.3) is 5.91 Å². The van der Waals surface area contributed by atoms with Gasteiger partial charge in [-0.25, -0.2) is 0 Å². The lowest BCUT2D eigenvalue weighted by molar-refractivity contribution is 0.0915. The molecular formula is C19H24ClN3O4. The Morgan fingerprint density at radius 2 is 2.19 bits per heavy atom. The number of ether oxygens (including phenoxy) is 2. The van der Waals surface area contributed by atoms with Gasteiger partial charge in [-0.1, -0.05) is 24.9 Å². The minimum Gasteiger partial charge on any atom is -0.486 e. The van der Waals surface area contributed by atoms with E-state index in [0.29, 0.717) is 46.6 Å². The normalized spacial score (nSPS) is 14.1. The molecule has 0 spiro atoms. The summed E-state index contributed by atoms with van der Waals surface area (Å²) in [5, 5.41) is 17.9. The second-order valence-corrected chi connectivity index (χ2v) is 6.90. The van der Waals surface area contributed by atoms with Gasteiger partial charge in [0.15, 0.2) is 11.5 Å². The van der Waals surface area contributed by atoms with Gasteiger partial charge in [0.1, 0.15) is 13.2 Å². The van der Waals surface area contributed by atoms with Gasteiger partial charge >= 0.3 is 0 Å². The van der Waals surface area contributed by atoms with Crippen molar-refractivity contribution in [2.75, 3.05) is 19.8 Å². The third kappa shape index (κ3) is 4.54. The van der Waals surface area contributed by atoms with Crippen LogP contribution in [0.15, 0.2) is 18.3 Å². The van der Waals surface area contributed by atoms with Crippen molar-refractivity contribution in [2.24, 2.45) is 0 Å². The summed E-state index contributed by atoms with van der Waals surface area (Å²) in [5.41, 5.74) is 1.74. The molecule has 1 aliphatic heterocycles. The van der Waals surface area contributed by atoms with E-state index in [-0.39, 0.29) is 12.5 Å². The number of aliphatic hydroxyl groups is 1. The zero-order valence-corrected chi connectivity index (χ0v) is 16.3. The number of unbranched alkanes of at least 4 members (excludes halogenated alkanes) is 1. The molecule has 0 bridgehead atoms. The highest BCUT2D eigenvalue weighted by Crippen LogP contribution is 2.39. The van der Waals surface area contributed by atoms with Crippen LogP contribution in [0.25, 0.3) is 0 Å². The van der Waals surface area contributed by atoms with Gasteiger partial charge in [-0.15, -0.1) is 0 Å². The van der Waals surface area contributed by atoms with Crippen LogP contribution in [0, 0.1) is 6.92 Å². The molecule has 8 heteroatoms. The van der Waals surface area contributed by atoms with Crippen molar-refractivity contribution in [1.82, 2.24) is 15.1 Å². The first-order valence-corrected chi connectivity index (χ1v) is 9.46. The van der Waals surface area contributed by atoms with E-state index in [9.17, 15) is 9.90 Å². The highest BCUT2D eigenvalue weighted by Gasteiger charge is 2.20. The van der Waals surface area contributed by atoms with Crippen molar-refractivity contribution < 1.29 is 19.4 Å². The van der Waals surface area contributed by atoms with Crippen LogP contribution < -0.4 is 14.8 Å². The van der Waals surface area contributed by atoms with Crippen LogP contribution >= 0.6 is 11.6 Å². The molecule has 0 aliphatic carbocycles. The summed E-state index contributed by atoms with van der Waals surface area (Å²) in [4.78, 5) is 12.4. The third-order valence-corrected chi connectivity index (χ3v) is 4.67. The topological polar surface area (TPSA) is 85.6 Å². The lowest BCUT2D eigenvalue weighted by Gasteiger charge is -2.21. The number of fused-ring (bicyclic) bond motifs is 1. The van der Waals surface area contributed by atoms with Crippen molar-refractivity contribution in [2.45, 2.75) is 39.3 Å². The van der Waals surface area contributed by atoms with E-state index in [0.717, 1.165) is 19.4 Å². The number of nitrogens with one attached hydrogen (secondary N) is 1. The fraction of sp³-hybridized carbons (Fsp3) is 0.474. The number of aliphatic hydroxyl groups excluding tert-OH is 1. The Morgan fingerprint density at radius 1 is 1.41 bits per heavy atom. The molecule has 0 saturated heterocycles. The van der Waals surface area contributed by atoms with E-state index >= 15 is 0 Å². The number of hydrogen-bond donors (Lipinski definition) is 2. The van der Waals surface area contributed by atoms with E-state index in [1.165, 1.54) is 0 Å². The molecule has 0 fully saturated rings. The van der Waals surface area contributed by atoms with E-state index < -0.39 is 6.10 Å². The molecule has 1 aromatic carbocycles. The number of amides is 1. The molecule has 1 amide bonds. The lowest BCUT2D eigenvalue weighted by atomic mass is 10.1. The molecule has 0 radical (unpaired) electrons. The summed E-state index contributed by atoms with van der Waals surface area (Å²) in [6.45, 7) is 5.61. The van der Waals surface area contributed by atoms with E-state index in [1.54, 1.807) is 29.9 Å². The number of carbonyl (C=O) groups excluding carboxylic acids is 1. The molecule has 7 nitrogen and oxygen atoms in total. The van der Waals surface area contributed by atoms with Crippen molar-refractivity contribution in [1.29, 1.82) is 0 Å². The molecule has 2 aromatic rings. The SMILES string of the molecule is CCCCn1cc(C(=O)NCC(O)c2cc(Cl)c3c(c2)OCCO3)c(C)n1. The number of rotatable bonds is 7. The molecule has 1 aromatic heterocycles. The van der Waals surface area contributed by atoms with Gasteiger partial charge in [0, 0.05) is 19.3 Å². The summed E-state index contributed by atoms with van der Waals surface area (Å²) in [6.07, 6.45) is 2.89. The van der Waals surface area contributed by atoms with E-state index in [2.05, 4.69) is 17.3 Å². The minimum atomic E-state index is -0.919. The minimum absolute atomic E-state index is 0.0500. The number of benzene rings is 1. The average molecular weight is 394 g/mol. The summed E-state index contributed by atoms with van der Waals surface area (Å²) in [5.74, 6) is 0.720. The average Bonchev–Trinajstić information content (AvgIpc) is 3.04. The highest BCUT2D eigenvalue weighted by molar-refractivity contribution is 6.32. The Kier molecular flexibility index (Phi) is 6.23. The van der Waals surface area contributed by atoms with Gasteiger partial charge in [0.05, 0.1) is 22.4 Å². The van der Waals surface area contributed by atoms with Gasteiger partial charge in [-0.05, 0) is 31.0 Å². The van der Waals surface area contributed by atoms with Crippen LogP contribution in [0.1, 0.15) is 47.5 Å². The Labute approximate surface area is 163 Å². The predicted octanol–water partition coefficient (Wildman–Crippen LogP) is 2.88. The number of halogens is 1. The van der Waals surface area contributed by atoms with Gasteiger partial charge in [-0.2, -0.15) is 5.10 Å². The Hall–Kier alpha value is -2.25.